The Kier molecular flexibility index (Phi) is 5.82. The molecule has 0 aliphatic carbocycles. The van der Waals surface area contributed by atoms with Gasteiger partial charge >= 0.3 is 0 Å². The topological polar surface area (TPSA) is 81.1 Å². The first-order valence-electron chi connectivity index (χ1n) is 11.1. The number of rotatable bonds is 6. The van der Waals surface area contributed by atoms with E-state index >= 15 is 0 Å². The van der Waals surface area contributed by atoms with Crippen molar-refractivity contribution in [2.45, 2.75) is 26.5 Å². The highest BCUT2D eigenvalue weighted by molar-refractivity contribution is 6.06. The second-order valence-electron chi connectivity index (χ2n) is 8.26. The number of allylic oxidation sites excluding steroid dienone is 1. The van der Waals surface area contributed by atoms with Gasteiger partial charge in [-0.2, -0.15) is 10.1 Å². The zero-order valence-electron chi connectivity index (χ0n) is 19.0. The van der Waals surface area contributed by atoms with Crippen LogP contribution in [0.1, 0.15) is 29.7 Å². The van der Waals surface area contributed by atoms with Crippen LogP contribution in [0.3, 0.4) is 0 Å². The Balaban J connectivity index is 1.45. The van der Waals surface area contributed by atoms with Crippen molar-refractivity contribution in [2.75, 3.05) is 10.6 Å². The number of carbonyl (C=O) groups is 1. The maximum atomic E-state index is 13.4. The van der Waals surface area contributed by atoms with Gasteiger partial charge in [0.15, 0.2) is 0 Å². The SMILES string of the molecule is CC1=C(C(=O)Nc2ccccc2)C(c2cccc(OCc3ccc(C)cc3)c2)n2ncnc2N1. The van der Waals surface area contributed by atoms with Crippen LogP contribution in [0, 0.1) is 6.92 Å². The lowest BCUT2D eigenvalue weighted by Crippen LogP contribution is -2.31. The lowest BCUT2D eigenvalue weighted by Gasteiger charge is -2.29. The van der Waals surface area contributed by atoms with Gasteiger partial charge in [-0.15, -0.1) is 0 Å². The average Bonchev–Trinajstić information content (AvgIpc) is 3.31. The Hall–Kier alpha value is -4.39. The zero-order valence-corrected chi connectivity index (χ0v) is 19.0. The van der Waals surface area contributed by atoms with Crippen LogP contribution in [0.4, 0.5) is 11.6 Å². The fraction of sp³-hybridized carbons (Fsp3) is 0.148. The van der Waals surface area contributed by atoms with E-state index in [0.29, 0.717) is 18.1 Å². The maximum Gasteiger partial charge on any atom is 0.255 e. The highest BCUT2D eigenvalue weighted by atomic mass is 16.5. The molecule has 3 aromatic carbocycles. The second-order valence-corrected chi connectivity index (χ2v) is 8.26. The summed E-state index contributed by atoms with van der Waals surface area (Å²) < 4.78 is 7.80. The fourth-order valence-electron chi connectivity index (χ4n) is 4.04. The molecule has 0 bridgehead atoms. The van der Waals surface area contributed by atoms with Crippen LogP contribution < -0.4 is 15.4 Å². The van der Waals surface area contributed by atoms with Gasteiger partial charge in [-0.05, 0) is 49.2 Å². The lowest BCUT2D eigenvalue weighted by molar-refractivity contribution is -0.113. The number of hydrogen-bond acceptors (Lipinski definition) is 5. The van der Waals surface area contributed by atoms with Crippen molar-refractivity contribution in [3.8, 4) is 5.75 Å². The Morgan fingerprint density at radius 3 is 2.62 bits per heavy atom. The van der Waals surface area contributed by atoms with E-state index in [4.69, 9.17) is 4.74 Å². The molecule has 0 saturated carbocycles. The van der Waals surface area contributed by atoms with Crippen molar-refractivity contribution in [3.63, 3.8) is 0 Å². The average molecular weight is 452 g/mol. The summed E-state index contributed by atoms with van der Waals surface area (Å²) in [6, 6.07) is 25.0. The van der Waals surface area contributed by atoms with Crippen LogP contribution in [-0.2, 0) is 11.4 Å². The molecule has 0 fully saturated rings. The van der Waals surface area contributed by atoms with Gasteiger partial charge in [-0.1, -0.05) is 60.2 Å². The number of hydrogen-bond donors (Lipinski definition) is 2. The highest BCUT2D eigenvalue weighted by Crippen LogP contribution is 2.36. The minimum Gasteiger partial charge on any atom is -0.489 e. The number of ether oxygens (including phenoxy) is 1. The normalized spacial score (nSPS) is 14.8. The third-order valence-corrected chi connectivity index (χ3v) is 5.77. The molecule has 1 aliphatic rings. The third kappa shape index (κ3) is 4.41. The molecule has 1 aliphatic heterocycles. The summed E-state index contributed by atoms with van der Waals surface area (Å²) >= 11 is 0. The predicted octanol–water partition coefficient (Wildman–Crippen LogP) is 5.09. The predicted molar refractivity (Wildman–Crippen MR) is 132 cm³/mol. The Bertz CT molecular complexity index is 1340. The summed E-state index contributed by atoms with van der Waals surface area (Å²) in [6.45, 7) is 4.40. The second kappa shape index (κ2) is 9.23. The molecule has 2 heterocycles. The van der Waals surface area contributed by atoms with Crippen LogP contribution in [0.5, 0.6) is 5.75 Å². The van der Waals surface area contributed by atoms with Crippen molar-refractivity contribution in [1.29, 1.82) is 0 Å². The zero-order chi connectivity index (χ0) is 23.5. The Morgan fingerprint density at radius 1 is 1.03 bits per heavy atom. The Morgan fingerprint density at radius 2 is 1.82 bits per heavy atom. The molecule has 1 unspecified atom stereocenters. The van der Waals surface area contributed by atoms with E-state index in [0.717, 1.165) is 28.3 Å². The number of benzene rings is 3. The molecule has 0 saturated heterocycles. The number of amides is 1. The van der Waals surface area contributed by atoms with Crippen LogP contribution >= 0.6 is 0 Å². The molecule has 7 heteroatoms. The minimum atomic E-state index is -0.453. The van der Waals surface area contributed by atoms with E-state index < -0.39 is 6.04 Å². The molecule has 0 radical (unpaired) electrons. The third-order valence-electron chi connectivity index (χ3n) is 5.77. The summed E-state index contributed by atoms with van der Waals surface area (Å²) in [5.74, 6) is 1.11. The quantitative estimate of drug-likeness (QED) is 0.427. The van der Waals surface area contributed by atoms with E-state index in [1.165, 1.54) is 11.9 Å². The van der Waals surface area contributed by atoms with Gasteiger partial charge in [0.05, 0.1) is 5.57 Å². The van der Waals surface area contributed by atoms with Gasteiger partial charge in [-0.25, -0.2) is 4.68 Å². The van der Waals surface area contributed by atoms with E-state index in [1.54, 1.807) is 4.68 Å². The fourth-order valence-corrected chi connectivity index (χ4v) is 4.04. The molecule has 7 nitrogen and oxygen atoms in total. The van der Waals surface area contributed by atoms with Crippen molar-refractivity contribution in [1.82, 2.24) is 14.8 Å². The van der Waals surface area contributed by atoms with Crippen LogP contribution in [-0.4, -0.2) is 20.7 Å². The number of aromatic nitrogens is 3. The number of fused-ring (bicyclic) bond motifs is 1. The summed E-state index contributed by atoms with van der Waals surface area (Å²) in [4.78, 5) is 17.7. The monoisotopic (exact) mass is 451 g/mol. The van der Waals surface area contributed by atoms with Gasteiger partial charge in [0.1, 0.15) is 24.7 Å². The number of nitrogens with zero attached hydrogens (tertiary/aromatic N) is 3. The lowest BCUT2D eigenvalue weighted by atomic mass is 9.95. The number of nitrogens with one attached hydrogen (secondary N) is 2. The standard InChI is InChI=1S/C27H25N5O2/c1-18-11-13-20(14-12-18)16-34-23-10-6-7-21(15-23)25-24(19(2)30-27-28-17-29-32(25)27)26(33)31-22-8-4-3-5-9-22/h3-15,17,25H,16H2,1-2H3,(H,31,33)(H,28,29,30). The largest absolute Gasteiger partial charge is 0.489 e. The van der Waals surface area contributed by atoms with Gasteiger partial charge in [0.25, 0.3) is 5.91 Å². The van der Waals surface area contributed by atoms with Crippen molar-refractivity contribution < 1.29 is 9.53 Å². The van der Waals surface area contributed by atoms with E-state index in [-0.39, 0.29) is 5.91 Å². The Labute approximate surface area is 198 Å². The van der Waals surface area contributed by atoms with Crippen molar-refractivity contribution in [2.24, 2.45) is 0 Å². The van der Waals surface area contributed by atoms with Crippen LogP contribution in [0.25, 0.3) is 0 Å². The van der Waals surface area contributed by atoms with E-state index in [2.05, 4.69) is 51.9 Å². The van der Waals surface area contributed by atoms with E-state index in [1.807, 2.05) is 61.5 Å². The van der Waals surface area contributed by atoms with Gasteiger partial charge in [-0.3, -0.25) is 4.79 Å². The molecular weight excluding hydrogens is 426 g/mol. The van der Waals surface area contributed by atoms with Crippen molar-refractivity contribution in [3.05, 3.63) is 113 Å². The summed E-state index contributed by atoms with van der Waals surface area (Å²) in [7, 11) is 0. The van der Waals surface area contributed by atoms with Gasteiger partial charge < -0.3 is 15.4 Å². The molecule has 2 N–H and O–H groups in total. The molecule has 34 heavy (non-hydrogen) atoms. The molecule has 170 valence electrons. The van der Waals surface area contributed by atoms with Crippen molar-refractivity contribution >= 4 is 17.5 Å². The van der Waals surface area contributed by atoms with Crippen LogP contribution in [0.15, 0.2) is 96.5 Å². The van der Waals surface area contributed by atoms with Gasteiger partial charge in [0.2, 0.25) is 5.95 Å². The summed E-state index contributed by atoms with van der Waals surface area (Å²) in [5.41, 5.74) is 5.21. The maximum absolute atomic E-state index is 13.4. The first kappa shape index (κ1) is 21.5. The summed E-state index contributed by atoms with van der Waals surface area (Å²) in [5, 5.41) is 10.6. The number of anilines is 2. The molecule has 5 rings (SSSR count). The van der Waals surface area contributed by atoms with Crippen LogP contribution in [0.2, 0.25) is 0 Å². The first-order valence-corrected chi connectivity index (χ1v) is 11.1. The number of para-hydroxylation sites is 1. The highest BCUT2D eigenvalue weighted by Gasteiger charge is 2.33. The number of carbonyl (C=O) groups excluding carboxylic acids is 1. The van der Waals surface area contributed by atoms with Gasteiger partial charge in [0, 0.05) is 11.4 Å². The smallest absolute Gasteiger partial charge is 0.255 e. The summed E-state index contributed by atoms with van der Waals surface area (Å²) in [6.07, 6.45) is 1.48. The minimum absolute atomic E-state index is 0.201. The number of aryl methyl sites for hydroxylation is 1. The van der Waals surface area contributed by atoms with E-state index in [9.17, 15) is 4.79 Å². The molecular formula is C27H25N5O2. The molecule has 4 aromatic rings. The first-order chi connectivity index (χ1) is 16.6. The molecule has 1 amide bonds. The molecule has 1 atom stereocenters. The molecule has 1 aromatic heterocycles. The molecule has 0 spiro atoms.